The van der Waals surface area contributed by atoms with E-state index in [0.717, 1.165) is 59.6 Å². The van der Waals surface area contributed by atoms with E-state index in [1.54, 1.807) is 18.2 Å². The summed E-state index contributed by atoms with van der Waals surface area (Å²) < 4.78 is 2.07. The lowest BCUT2D eigenvalue weighted by atomic mass is 9.77. The van der Waals surface area contributed by atoms with Gasteiger partial charge in [-0.1, -0.05) is 6.07 Å². The number of carbonyl (C=O) groups is 4. The number of carbonyl (C=O) groups excluding carboxylic acids is 4. The molecule has 6 rings (SSSR count). The van der Waals surface area contributed by atoms with Gasteiger partial charge in [-0.25, -0.2) is 0 Å². The van der Waals surface area contributed by atoms with E-state index in [2.05, 4.69) is 44.6 Å². The molecule has 1 saturated heterocycles. The SMILES string of the molecule is Cc1cccnc1-c1cnn([C@H]2C[C@H](CCCNc3ccc4c(c3)C(=O)N(C3CCC(=O)NC3=O)C4=O)C2)c1. The zero-order valence-electron chi connectivity index (χ0n) is 21.7. The van der Waals surface area contributed by atoms with E-state index in [1.165, 1.54) is 0 Å². The molecule has 10 heteroatoms. The molecule has 0 bridgehead atoms. The number of piperidine rings is 1. The van der Waals surface area contributed by atoms with Crippen LogP contribution in [0.3, 0.4) is 0 Å². The average Bonchev–Trinajstić information content (AvgIpc) is 3.46. The molecule has 2 fully saturated rings. The molecule has 0 radical (unpaired) electrons. The zero-order chi connectivity index (χ0) is 27.1. The largest absolute Gasteiger partial charge is 0.385 e. The third kappa shape index (κ3) is 4.71. The van der Waals surface area contributed by atoms with Gasteiger partial charge in [0.25, 0.3) is 11.8 Å². The maximum Gasteiger partial charge on any atom is 0.262 e. The van der Waals surface area contributed by atoms with E-state index in [0.29, 0.717) is 12.0 Å². The first kappa shape index (κ1) is 25.0. The molecule has 2 N–H and O–H groups in total. The number of imide groups is 2. The predicted molar refractivity (Wildman–Crippen MR) is 143 cm³/mol. The normalized spacial score (nSPS) is 22.5. The molecule has 4 amide bonds. The molecule has 1 aromatic carbocycles. The Morgan fingerprint density at radius 2 is 1.90 bits per heavy atom. The molecule has 1 saturated carbocycles. The summed E-state index contributed by atoms with van der Waals surface area (Å²) in [6.07, 6.45) is 10.3. The maximum atomic E-state index is 13.0. The molecule has 2 aliphatic heterocycles. The molecule has 0 spiro atoms. The fourth-order valence-corrected chi connectivity index (χ4v) is 5.80. The van der Waals surface area contributed by atoms with Crippen LogP contribution in [-0.4, -0.2) is 55.9 Å². The van der Waals surface area contributed by atoms with Gasteiger partial charge in [0.2, 0.25) is 11.8 Å². The second-order valence-corrected chi connectivity index (χ2v) is 10.6. The highest BCUT2D eigenvalue weighted by Gasteiger charge is 2.44. The lowest BCUT2D eigenvalue weighted by Crippen LogP contribution is -2.54. The van der Waals surface area contributed by atoms with Crippen LogP contribution in [0.25, 0.3) is 11.3 Å². The van der Waals surface area contributed by atoms with Crippen LogP contribution < -0.4 is 10.6 Å². The molecule has 39 heavy (non-hydrogen) atoms. The van der Waals surface area contributed by atoms with Gasteiger partial charge in [-0.3, -0.25) is 39.1 Å². The van der Waals surface area contributed by atoms with Gasteiger partial charge in [-0.15, -0.1) is 0 Å². The molecule has 3 aliphatic rings. The van der Waals surface area contributed by atoms with Gasteiger partial charge in [0.1, 0.15) is 6.04 Å². The van der Waals surface area contributed by atoms with Crippen molar-refractivity contribution in [3.05, 3.63) is 65.6 Å². The van der Waals surface area contributed by atoms with Crippen LogP contribution in [0.4, 0.5) is 5.69 Å². The summed E-state index contributed by atoms with van der Waals surface area (Å²) in [5, 5.41) is 10.2. The number of anilines is 1. The van der Waals surface area contributed by atoms with Crippen LogP contribution in [0, 0.1) is 12.8 Å². The average molecular weight is 527 g/mol. The van der Waals surface area contributed by atoms with Crippen LogP contribution in [0.15, 0.2) is 48.9 Å². The molecule has 4 heterocycles. The second kappa shape index (κ2) is 10.1. The summed E-state index contributed by atoms with van der Waals surface area (Å²) in [4.78, 5) is 55.0. The fourth-order valence-electron chi connectivity index (χ4n) is 5.80. The van der Waals surface area contributed by atoms with Gasteiger partial charge in [0.05, 0.1) is 29.1 Å². The molecule has 10 nitrogen and oxygen atoms in total. The van der Waals surface area contributed by atoms with Crippen molar-refractivity contribution in [2.24, 2.45) is 5.92 Å². The van der Waals surface area contributed by atoms with Crippen molar-refractivity contribution in [2.75, 3.05) is 11.9 Å². The number of rotatable bonds is 8. The Morgan fingerprint density at radius 3 is 2.69 bits per heavy atom. The topological polar surface area (TPSA) is 126 Å². The Hall–Kier alpha value is -4.34. The summed E-state index contributed by atoms with van der Waals surface area (Å²) >= 11 is 0. The van der Waals surface area contributed by atoms with E-state index >= 15 is 0 Å². The van der Waals surface area contributed by atoms with Crippen LogP contribution >= 0.6 is 0 Å². The number of aromatic nitrogens is 3. The predicted octanol–water partition coefficient (Wildman–Crippen LogP) is 3.50. The Bertz CT molecular complexity index is 1470. The van der Waals surface area contributed by atoms with Crippen LogP contribution in [0.1, 0.15) is 70.8 Å². The van der Waals surface area contributed by atoms with E-state index in [-0.39, 0.29) is 29.9 Å². The Morgan fingerprint density at radius 1 is 1.08 bits per heavy atom. The van der Waals surface area contributed by atoms with Gasteiger partial charge < -0.3 is 5.32 Å². The third-order valence-electron chi connectivity index (χ3n) is 8.03. The molecular formula is C29H30N6O4. The van der Waals surface area contributed by atoms with E-state index < -0.39 is 23.8 Å². The van der Waals surface area contributed by atoms with E-state index in [4.69, 9.17) is 0 Å². The highest BCUT2D eigenvalue weighted by atomic mass is 16.2. The summed E-state index contributed by atoms with van der Waals surface area (Å²) in [6.45, 7) is 2.81. The molecule has 2 aromatic heterocycles. The first-order valence-electron chi connectivity index (χ1n) is 13.4. The van der Waals surface area contributed by atoms with Gasteiger partial charge in [0.15, 0.2) is 0 Å². The Kier molecular flexibility index (Phi) is 6.46. The number of amides is 4. The van der Waals surface area contributed by atoms with Crippen molar-refractivity contribution in [1.82, 2.24) is 25.0 Å². The van der Waals surface area contributed by atoms with Crippen molar-refractivity contribution >= 4 is 29.3 Å². The monoisotopic (exact) mass is 526 g/mol. The lowest BCUT2D eigenvalue weighted by molar-refractivity contribution is -0.136. The van der Waals surface area contributed by atoms with Gasteiger partial charge >= 0.3 is 0 Å². The highest BCUT2D eigenvalue weighted by molar-refractivity contribution is 6.23. The van der Waals surface area contributed by atoms with Crippen molar-refractivity contribution in [3.8, 4) is 11.3 Å². The van der Waals surface area contributed by atoms with Crippen molar-refractivity contribution < 1.29 is 19.2 Å². The number of pyridine rings is 1. The lowest BCUT2D eigenvalue weighted by Gasteiger charge is -2.35. The van der Waals surface area contributed by atoms with Gasteiger partial charge in [0, 0.05) is 36.6 Å². The standard InChI is InChI=1S/C29H30N6O4/c1-17-4-2-11-31-26(17)19-15-32-34(16-19)21-12-18(13-21)5-3-10-30-20-6-7-22-23(14-20)29(39)35(28(22)38)24-8-9-25(36)33-27(24)37/h2,4,6-7,11,14-16,18,21,24,30H,3,5,8-10,12-13H2,1H3,(H,33,36,37)/t18-,21-,24?. The minimum Gasteiger partial charge on any atom is -0.385 e. The Balaban J connectivity index is 0.978. The summed E-state index contributed by atoms with van der Waals surface area (Å²) in [5.74, 6) is -1.32. The number of benzene rings is 1. The number of hydrogen-bond acceptors (Lipinski definition) is 7. The van der Waals surface area contributed by atoms with Crippen molar-refractivity contribution in [3.63, 3.8) is 0 Å². The van der Waals surface area contributed by atoms with Gasteiger partial charge in [-0.05, 0) is 74.8 Å². The summed E-state index contributed by atoms with van der Waals surface area (Å²) in [7, 11) is 0. The first-order valence-corrected chi connectivity index (χ1v) is 13.4. The third-order valence-corrected chi connectivity index (χ3v) is 8.03. The Labute approximate surface area is 225 Å². The molecular weight excluding hydrogens is 496 g/mol. The number of hydrogen-bond donors (Lipinski definition) is 2. The highest BCUT2D eigenvalue weighted by Crippen LogP contribution is 2.40. The number of fused-ring (bicyclic) bond motifs is 1. The molecule has 3 aromatic rings. The van der Waals surface area contributed by atoms with Crippen LogP contribution in [0.2, 0.25) is 0 Å². The molecule has 1 unspecified atom stereocenters. The molecule has 1 atom stereocenters. The summed E-state index contributed by atoms with van der Waals surface area (Å²) in [5.41, 5.74) is 4.51. The van der Waals surface area contributed by atoms with Crippen LogP contribution in [0.5, 0.6) is 0 Å². The zero-order valence-corrected chi connectivity index (χ0v) is 21.7. The second-order valence-electron chi connectivity index (χ2n) is 10.6. The van der Waals surface area contributed by atoms with Crippen molar-refractivity contribution in [1.29, 1.82) is 0 Å². The maximum absolute atomic E-state index is 13.0. The van der Waals surface area contributed by atoms with Crippen molar-refractivity contribution in [2.45, 2.75) is 57.5 Å². The summed E-state index contributed by atoms with van der Waals surface area (Å²) in [6, 6.07) is 8.57. The van der Waals surface area contributed by atoms with E-state index in [1.807, 2.05) is 18.5 Å². The first-order chi connectivity index (χ1) is 18.9. The smallest absolute Gasteiger partial charge is 0.262 e. The fraction of sp³-hybridized carbons (Fsp3) is 0.379. The van der Waals surface area contributed by atoms with E-state index in [9.17, 15) is 19.2 Å². The number of nitrogens with one attached hydrogen (secondary N) is 2. The molecule has 1 aliphatic carbocycles. The number of nitrogens with zero attached hydrogens (tertiary/aromatic N) is 4. The molecule has 200 valence electrons. The minimum absolute atomic E-state index is 0.103. The van der Waals surface area contributed by atoms with Crippen LogP contribution in [-0.2, 0) is 9.59 Å². The number of aryl methyl sites for hydroxylation is 1. The minimum atomic E-state index is -0.953. The quantitative estimate of drug-likeness (QED) is 0.340. The van der Waals surface area contributed by atoms with Gasteiger partial charge in [-0.2, -0.15) is 5.10 Å².